The van der Waals surface area contributed by atoms with Crippen LogP contribution in [0.2, 0.25) is 0 Å². The van der Waals surface area contributed by atoms with Crippen molar-refractivity contribution in [2.45, 2.75) is 12.5 Å². The van der Waals surface area contributed by atoms with Gasteiger partial charge in [0.2, 0.25) is 5.91 Å². The lowest BCUT2D eigenvalue weighted by molar-refractivity contribution is -0.118. The number of ether oxygens (including phenoxy) is 1. The summed E-state index contributed by atoms with van der Waals surface area (Å²) < 4.78 is 30.6. The number of rotatable bonds is 5. The third-order valence-electron chi connectivity index (χ3n) is 2.16. The Labute approximate surface area is 97.8 Å². The summed E-state index contributed by atoms with van der Waals surface area (Å²) >= 11 is 0. The fraction of sp³-hybridized carbons (Fsp3) is 0.364. The highest BCUT2D eigenvalue weighted by Crippen LogP contribution is 2.13. The van der Waals surface area contributed by atoms with Crippen molar-refractivity contribution >= 4 is 11.6 Å². The van der Waals surface area contributed by atoms with Gasteiger partial charge in [0.25, 0.3) is 0 Å². The largest absolute Gasteiger partial charge is 0.380 e. The first-order valence-corrected chi connectivity index (χ1v) is 5.04. The lowest BCUT2D eigenvalue weighted by Crippen LogP contribution is -2.28. The number of hydrogen-bond acceptors (Lipinski definition) is 3. The Morgan fingerprint density at radius 1 is 1.41 bits per heavy atom. The van der Waals surface area contributed by atoms with E-state index in [9.17, 15) is 13.6 Å². The number of carbonyl (C=O) groups is 1. The van der Waals surface area contributed by atoms with Gasteiger partial charge < -0.3 is 15.8 Å². The van der Waals surface area contributed by atoms with Crippen LogP contribution in [0.1, 0.15) is 6.42 Å². The Morgan fingerprint density at radius 2 is 2.00 bits per heavy atom. The van der Waals surface area contributed by atoms with Gasteiger partial charge in [0.15, 0.2) is 0 Å². The summed E-state index contributed by atoms with van der Waals surface area (Å²) in [6.45, 7) is 0.196. The molecule has 0 heterocycles. The molecular weight excluding hydrogens is 230 g/mol. The molecule has 1 atom stereocenters. The number of nitrogens with one attached hydrogen (secondary N) is 1. The van der Waals surface area contributed by atoms with E-state index in [-0.39, 0.29) is 18.7 Å². The molecule has 1 aromatic carbocycles. The van der Waals surface area contributed by atoms with E-state index in [2.05, 4.69) is 5.32 Å². The first kappa shape index (κ1) is 13.5. The highest BCUT2D eigenvalue weighted by Gasteiger charge is 2.12. The second-order valence-corrected chi connectivity index (χ2v) is 3.50. The molecule has 1 amide bonds. The van der Waals surface area contributed by atoms with Crippen LogP contribution in [-0.2, 0) is 9.53 Å². The minimum absolute atomic E-state index is 0.0329. The predicted octanol–water partition coefficient (Wildman–Crippen LogP) is 1.27. The van der Waals surface area contributed by atoms with Gasteiger partial charge in [-0.2, -0.15) is 0 Å². The number of hydrogen-bond donors (Lipinski definition) is 2. The van der Waals surface area contributed by atoms with Crippen LogP contribution in [0, 0.1) is 11.6 Å². The molecule has 0 saturated carbocycles. The van der Waals surface area contributed by atoms with E-state index < -0.39 is 23.6 Å². The fourth-order valence-corrected chi connectivity index (χ4v) is 1.31. The lowest BCUT2D eigenvalue weighted by Gasteiger charge is -2.12. The highest BCUT2D eigenvalue weighted by atomic mass is 19.1. The van der Waals surface area contributed by atoms with Crippen LogP contribution in [0.5, 0.6) is 0 Å². The van der Waals surface area contributed by atoms with Crippen LogP contribution in [0.25, 0.3) is 0 Å². The standard InChI is InChI=1S/C11H14F2N2O2/c1-17-10(6-14)5-11(16)15-9-3-7(12)2-8(13)4-9/h2-4,10H,5-6,14H2,1H3,(H,15,16). The molecule has 0 saturated heterocycles. The molecule has 3 N–H and O–H groups in total. The number of nitrogens with two attached hydrogens (primary N) is 1. The van der Waals surface area contributed by atoms with Crippen LogP contribution in [0.15, 0.2) is 18.2 Å². The average molecular weight is 244 g/mol. The van der Waals surface area contributed by atoms with E-state index >= 15 is 0 Å². The normalized spacial score (nSPS) is 12.2. The smallest absolute Gasteiger partial charge is 0.227 e. The van der Waals surface area contributed by atoms with Crippen LogP contribution < -0.4 is 11.1 Å². The summed E-state index contributed by atoms with van der Waals surface area (Å²) in [6.07, 6.45) is -0.376. The zero-order valence-electron chi connectivity index (χ0n) is 9.37. The van der Waals surface area contributed by atoms with Crippen molar-refractivity contribution in [2.24, 2.45) is 5.73 Å². The van der Waals surface area contributed by atoms with E-state index in [0.717, 1.165) is 18.2 Å². The maximum absolute atomic E-state index is 12.8. The molecule has 0 spiro atoms. The van der Waals surface area contributed by atoms with Gasteiger partial charge >= 0.3 is 0 Å². The third-order valence-corrected chi connectivity index (χ3v) is 2.16. The second kappa shape index (κ2) is 6.27. The minimum atomic E-state index is -0.748. The summed E-state index contributed by atoms with van der Waals surface area (Å²) in [4.78, 5) is 11.5. The van der Waals surface area contributed by atoms with Crippen molar-refractivity contribution in [1.82, 2.24) is 0 Å². The number of benzene rings is 1. The van der Waals surface area contributed by atoms with Gasteiger partial charge in [0.1, 0.15) is 11.6 Å². The van der Waals surface area contributed by atoms with E-state index in [1.54, 1.807) is 0 Å². The Balaban J connectivity index is 2.61. The summed E-state index contributed by atoms with van der Waals surface area (Å²) in [5.41, 5.74) is 5.42. The SMILES string of the molecule is COC(CN)CC(=O)Nc1cc(F)cc(F)c1. The molecule has 0 aromatic heterocycles. The van der Waals surface area contributed by atoms with Crippen molar-refractivity contribution < 1.29 is 18.3 Å². The van der Waals surface area contributed by atoms with Crippen LogP contribution >= 0.6 is 0 Å². The number of carbonyl (C=O) groups excluding carboxylic acids is 1. The first-order chi connectivity index (χ1) is 8.05. The second-order valence-electron chi connectivity index (χ2n) is 3.50. The van der Waals surface area contributed by atoms with E-state index in [4.69, 9.17) is 10.5 Å². The molecule has 1 unspecified atom stereocenters. The molecule has 6 heteroatoms. The molecule has 0 fully saturated rings. The van der Waals surface area contributed by atoms with Gasteiger partial charge in [0.05, 0.1) is 12.5 Å². The van der Waals surface area contributed by atoms with Crippen molar-refractivity contribution in [1.29, 1.82) is 0 Å². The molecule has 0 aliphatic rings. The monoisotopic (exact) mass is 244 g/mol. The zero-order chi connectivity index (χ0) is 12.8. The van der Waals surface area contributed by atoms with Crippen molar-refractivity contribution in [3.8, 4) is 0 Å². The average Bonchev–Trinajstić information content (AvgIpc) is 2.24. The van der Waals surface area contributed by atoms with Gasteiger partial charge in [-0.25, -0.2) is 8.78 Å². The quantitative estimate of drug-likeness (QED) is 0.819. The maximum Gasteiger partial charge on any atom is 0.227 e. The minimum Gasteiger partial charge on any atom is -0.380 e. The molecule has 1 rings (SSSR count). The number of halogens is 2. The topological polar surface area (TPSA) is 64.3 Å². The van der Waals surface area contributed by atoms with Crippen LogP contribution in [-0.4, -0.2) is 25.7 Å². The summed E-state index contributed by atoms with van der Waals surface area (Å²) in [7, 11) is 1.44. The van der Waals surface area contributed by atoms with Gasteiger partial charge in [-0.1, -0.05) is 0 Å². The predicted molar refractivity (Wildman–Crippen MR) is 59.5 cm³/mol. The molecule has 94 valence electrons. The molecule has 0 bridgehead atoms. The Morgan fingerprint density at radius 3 is 2.47 bits per heavy atom. The number of methoxy groups -OCH3 is 1. The molecule has 4 nitrogen and oxygen atoms in total. The summed E-state index contributed by atoms with van der Waals surface area (Å²) in [5.74, 6) is -1.91. The van der Waals surface area contributed by atoms with Gasteiger partial charge in [-0.3, -0.25) is 4.79 Å². The fourth-order valence-electron chi connectivity index (χ4n) is 1.31. The van der Waals surface area contributed by atoms with Crippen molar-refractivity contribution in [3.05, 3.63) is 29.8 Å². The van der Waals surface area contributed by atoms with Gasteiger partial charge in [-0.15, -0.1) is 0 Å². The molecule has 1 aromatic rings. The van der Waals surface area contributed by atoms with Crippen LogP contribution in [0.4, 0.5) is 14.5 Å². The third kappa shape index (κ3) is 4.46. The molecule has 0 aliphatic heterocycles. The van der Waals surface area contributed by atoms with Gasteiger partial charge in [-0.05, 0) is 12.1 Å². The van der Waals surface area contributed by atoms with Gasteiger partial charge in [0, 0.05) is 25.4 Å². The molecule has 0 aliphatic carbocycles. The van der Waals surface area contributed by atoms with Crippen molar-refractivity contribution in [2.75, 3.05) is 19.0 Å². The summed E-state index contributed by atoms with van der Waals surface area (Å²) in [5, 5.41) is 2.37. The Kier molecular flexibility index (Phi) is 4.99. The number of anilines is 1. The van der Waals surface area contributed by atoms with E-state index in [1.807, 2.05) is 0 Å². The molecular formula is C11H14F2N2O2. The zero-order valence-corrected chi connectivity index (χ0v) is 9.37. The van der Waals surface area contributed by atoms with Crippen molar-refractivity contribution in [3.63, 3.8) is 0 Å². The Hall–Kier alpha value is -1.53. The van der Waals surface area contributed by atoms with E-state index in [1.165, 1.54) is 7.11 Å². The maximum atomic E-state index is 12.8. The molecule has 17 heavy (non-hydrogen) atoms. The summed E-state index contributed by atoms with van der Waals surface area (Å²) in [6, 6.07) is 2.80. The molecule has 0 radical (unpaired) electrons. The lowest BCUT2D eigenvalue weighted by atomic mass is 10.2. The first-order valence-electron chi connectivity index (χ1n) is 5.04. The highest BCUT2D eigenvalue weighted by molar-refractivity contribution is 5.91. The van der Waals surface area contributed by atoms with E-state index in [0.29, 0.717) is 0 Å². The van der Waals surface area contributed by atoms with Crippen LogP contribution in [0.3, 0.4) is 0 Å². The Bertz CT molecular complexity index is 375. The number of amides is 1.